The SMILES string of the molecule is Cc1nc2ccc(-c3ccc(CC4CC(C)(C)NC(C)(C)C4)nn3)cc2o1. The van der Waals surface area contributed by atoms with Gasteiger partial charge in [-0.1, -0.05) is 6.07 Å². The van der Waals surface area contributed by atoms with Crippen LogP contribution in [0.3, 0.4) is 0 Å². The summed E-state index contributed by atoms with van der Waals surface area (Å²) in [6.45, 7) is 11.0. The Morgan fingerprint density at radius 3 is 2.44 bits per heavy atom. The van der Waals surface area contributed by atoms with Crippen molar-refractivity contribution in [3.63, 3.8) is 0 Å². The zero-order valence-electron chi connectivity index (χ0n) is 16.8. The highest BCUT2D eigenvalue weighted by molar-refractivity contribution is 5.79. The molecule has 1 aliphatic rings. The Hall–Kier alpha value is -2.27. The van der Waals surface area contributed by atoms with Crippen LogP contribution in [0.2, 0.25) is 0 Å². The monoisotopic (exact) mass is 364 g/mol. The molecule has 0 aliphatic carbocycles. The highest BCUT2D eigenvalue weighted by Crippen LogP contribution is 2.34. The Morgan fingerprint density at radius 2 is 1.78 bits per heavy atom. The van der Waals surface area contributed by atoms with E-state index in [9.17, 15) is 0 Å². The summed E-state index contributed by atoms with van der Waals surface area (Å²) in [6, 6.07) is 10.1. The van der Waals surface area contributed by atoms with E-state index in [1.54, 1.807) is 0 Å². The lowest BCUT2D eigenvalue weighted by molar-refractivity contribution is 0.128. The molecule has 0 saturated carbocycles. The zero-order chi connectivity index (χ0) is 19.2. The third-order valence-electron chi connectivity index (χ3n) is 5.28. The largest absolute Gasteiger partial charge is 0.441 e. The summed E-state index contributed by atoms with van der Waals surface area (Å²) < 4.78 is 5.63. The van der Waals surface area contributed by atoms with Crippen molar-refractivity contribution in [1.29, 1.82) is 0 Å². The maximum atomic E-state index is 5.63. The topological polar surface area (TPSA) is 63.8 Å². The lowest BCUT2D eigenvalue weighted by Gasteiger charge is -2.46. The smallest absolute Gasteiger partial charge is 0.192 e. The third-order valence-corrected chi connectivity index (χ3v) is 5.28. The van der Waals surface area contributed by atoms with Crippen molar-refractivity contribution in [2.75, 3.05) is 0 Å². The molecule has 1 aromatic carbocycles. The van der Waals surface area contributed by atoms with Gasteiger partial charge in [0.25, 0.3) is 0 Å². The minimum atomic E-state index is 0.157. The molecule has 2 aromatic heterocycles. The second-order valence-electron chi connectivity index (χ2n) is 9.20. The molecule has 0 unspecified atom stereocenters. The number of piperidine rings is 1. The molecule has 0 amide bonds. The summed E-state index contributed by atoms with van der Waals surface area (Å²) in [5.74, 6) is 1.29. The molecule has 3 heterocycles. The molecule has 1 N–H and O–H groups in total. The molecular formula is C22H28N4O. The Kier molecular flexibility index (Phi) is 4.30. The first-order valence-corrected chi connectivity index (χ1v) is 9.69. The lowest BCUT2D eigenvalue weighted by Crippen LogP contribution is -2.58. The van der Waals surface area contributed by atoms with E-state index in [-0.39, 0.29) is 11.1 Å². The number of hydrogen-bond acceptors (Lipinski definition) is 5. The molecule has 3 aromatic rings. The number of nitrogens with one attached hydrogen (secondary N) is 1. The third kappa shape index (κ3) is 4.03. The van der Waals surface area contributed by atoms with E-state index in [4.69, 9.17) is 4.42 Å². The fourth-order valence-corrected chi connectivity index (χ4v) is 4.80. The maximum absolute atomic E-state index is 5.63. The second kappa shape index (κ2) is 6.41. The molecule has 0 radical (unpaired) electrons. The Morgan fingerprint density at radius 1 is 1.04 bits per heavy atom. The van der Waals surface area contributed by atoms with Gasteiger partial charge in [-0.05, 0) is 77.1 Å². The predicted octanol–water partition coefficient (Wildman–Crippen LogP) is 4.69. The first kappa shape index (κ1) is 18.1. The standard InChI is InChI=1S/C22H28N4O/c1-14-23-19-8-6-16(11-20(19)27-14)18-9-7-17(24-25-18)10-15-12-21(2,3)26-22(4,5)13-15/h6-9,11,15,26H,10,12-13H2,1-5H3. The maximum Gasteiger partial charge on any atom is 0.192 e. The molecule has 5 heteroatoms. The molecular weight excluding hydrogens is 336 g/mol. The van der Waals surface area contributed by atoms with Crippen LogP contribution in [0, 0.1) is 12.8 Å². The van der Waals surface area contributed by atoms with E-state index in [1.807, 2.05) is 25.1 Å². The zero-order valence-corrected chi connectivity index (χ0v) is 16.8. The quantitative estimate of drug-likeness (QED) is 0.730. The van der Waals surface area contributed by atoms with Crippen molar-refractivity contribution < 1.29 is 4.42 Å². The summed E-state index contributed by atoms with van der Waals surface area (Å²) >= 11 is 0. The van der Waals surface area contributed by atoms with Gasteiger partial charge in [-0.3, -0.25) is 0 Å². The van der Waals surface area contributed by atoms with Crippen LogP contribution in [-0.4, -0.2) is 26.3 Å². The van der Waals surface area contributed by atoms with Crippen LogP contribution in [0.5, 0.6) is 0 Å². The minimum absolute atomic E-state index is 0.157. The van der Waals surface area contributed by atoms with Crippen molar-refractivity contribution in [2.24, 2.45) is 5.92 Å². The molecule has 1 aliphatic heterocycles. The minimum Gasteiger partial charge on any atom is -0.441 e. The van der Waals surface area contributed by atoms with Gasteiger partial charge in [-0.2, -0.15) is 10.2 Å². The highest BCUT2D eigenvalue weighted by atomic mass is 16.3. The van der Waals surface area contributed by atoms with E-state index >= 15 is 0 Å². The van der Waals surface area contributed by atoms with Crippen LogP contribution in [0.4, 0.5) is 0 Å². The van der Waals surface area contributed by atoms with E-state index in [2.05, 4.69) is 60.3 Å². The molecule has 0 bridgehead atoms. The fraction of sp³-hybridized carbons (Fsp3) is 0.500. The van der Waals surface area contributed by atoms with E-state index in [0.29, 0.717) is 11.8 Å². The average Bonchev–Trinajstić information content (AvgIpc) is 2.91. The number of rotatable bonds is 3. The van der Waals surface area contributed by atoms with Gasteiger partial charge < -0.3 is 9.73 Å². The van der Waals surface area contributed by atoms with Crippen LogP contribution in [0.1, 0.15) is 52.1 Å². The Bertz CT molecular complexity index is 940. The fourth-order valence-electron chi connectivity index (χ4n) is 4.80. The van der Waals surface area contributed by atoms with Crippen LogP contribution < -0.4 is 5.32 Å². The predicted molar refractivity (Wildman–Crippen MR) is 107 cm³/mol. The molecule has 5 nitrogen and oxygen atoms in total. The van der Waals surface area contributed by atoms with Crippen LogP contribution in [0.25, 0.3) is 22.4 Å². The van der Waals surface area contributed by atoms with Gasteiger partial charge in [0.2, 0.25) is 0 Å². The number of aryl methyl sites for hydroxylation is 1. The number of hydrogen-bond donors (Lipinski definition) is 1. The van der Waals surface area contributed by atoms with Gasteiger partial charge in [0, 0.05) is 23.6 Å². The number of fused-ring (bicyclic) bond motifs is 1. The number of aromatic nitrogens is 3. The number of oxazole rings is 1. The summed E-state index contributed by atoms with van der Waals surface area (Å²) in [7, 11) is 0. The van der Waals surface area contributed by atoms with E-state index in [0.717, 1.165) is 47.3 Å². The van der Waals surface area contributed by atoms with Gasteiger partial charge >= 0.3 is 0 Å². The summed E-state index contributed by atoms with van der Waals surface area (Å²) in [5, 5.41) is 12.7. The molecule has 142 valence electrons. The van der Waals surface area contributed by atoms with Crippen molar-refractivity contribution >= 4 is 11.1 Å². The van der Waals surface area contributed by atoms with Gasteiger partial charge in [0.15, 0.2) is 11.5 Å². The van der Waals surface area contributed by atoms with Gasteiger partial charge in [-0.15, -0.1) is 0 Å². The van der Waals surface area contributed by atoms with E-state index < -0.39 is 0 Å². The lowest BCUT2D eigenvalue weighted by atomic mass is 9.74. The Balaban J connectivity index is 1.51. The summed E-state index contributed by atoms with van der Waals surface area (Å²) in [6.07, 6.45) is 3.28. The van der Waals surface area contributed by atoms with Crippen molar-refractivity contribution in [1.82, 2.24) is 20.5 Å². The van der Waals surface area contributed by atoms with Crippen molar-refractivity contribution in [3.8, 4) is 11.3 Å². The van der Waals surface area contributed by atoms with Crippen molar-refractivity contribution in [3.05, 3.63) is 41.9 Å². The molecule has 4 rings (SSSR count). The van der Waals surface area contributed by atoms with Gasteiger partial charge in [0.1, 0.15) is 5.52 Å². The normalized spacial score (nSPS) is 19.4. The van der Waals surface area contributed by atoms with E-state index in [1.165, 1.54) is 0 Å². The first-order valence-electron chi connectivity index (χ1n) is 9.69. The molecule has 27 heavy (non-hydrogen) atoms. The van der Waals surface area contributed by atoms with Gasteiger partial charge in [0.05, 0.1) is 11.4 Å². The highest BCUT2D eigenvalue weighted by Gasteiger charge is 2.37. The molecule has 0 atom stereocenters. The first-order chi connectivity index (χ1) is 12.7. The van der Waals surface area contributed by atoms with Crippen LogP contribution >= 0.6 is 0 Å². The van der Waals surface area contributed by atoms with Crippen molar-refractivity contribution in [2.45, 2.75) is 65.0 Å². The van der Waals surface area contributed by atoms with Crippen LogP contribution in [0.15, 0.2) is 34.7 Å². The number of benzene rings is 1. The Labute approximate surface area is 160 Å². The van der Waals surface area contributed by atoms with Crippen LogP contribution in [-0.2, 0) is 6.42 Å². The summed E-state index contributed by atoms with van der Waals surface area (Å²) in [4.78, 5) is 4.34. The summed E-state index contributed by atoms with van der Waals surface area (Å²) in [5.41, 5.74) is 4.90. The average molecular weight is 364 g/mol. The molecule has 0 spiro atoms. The number of nitrogens with zero attached hydrogens (tertiary/aromatic N) is 3. The second-order valence-corrected chi connectivity index (χ2v) is 9.20. The molecule has 1 fully saturated rings. The molecule has 1 saturated heterocycles. The van der Waals surface area contributed by atoms with Gasteiger partial charge in [-0.25, -0.2) is 4.98 Å².